The van der Waals surface area contributed by atoms with Gasteiger partial charge in [0.05, 0.1) is 5.69 Å². The van der Waals surface area contributed by atoms with Crippen LogP contribution in [0.5, 0.6) is 0 Å². The van der Waals surface area contributed by atoms with Crippen LogP contribution in [0, 0.1) is 6.92 Å². The Hall–Kier alpha value is -2.64. The Bertz CT molecular complexity index is 808. The van der Waals surface area contributed by atoms with Gasteiger partial charge in [0, 0.05) is 26.2 Å². The Morgan fingerprint density at radius 1 is 1.38 bits per heavy atom. The maximum atomic E-state index is 12.8. The maximum absolute atomic E-state index is 12.8. The van der Waals surface area contributed by atoms with Crippen LogP contribution in [-0.4, -0.2) is 45.0 Å². The van der Waals surface area contributed by atoms with E-state index in [1.54, 1.807) is 24.9 Å². The summed E-state index contributed by atoms with van der Waals surface area (Å²) in [5.74, 6) is 0.801. The van der Waals surface area contributed by atoms with Gasteiger partial charge >= 0.3 is 0 Å². The highest BCUT2D eigenvalue weighted by Crippen LogP contribution is 2.23. The lowest BCUT2D eigenvalue weighted by atomic mass is 10.1. The van der Waals surface area contributed by atoms with Crippen molar-refractivity contribution in [3.8, 4) is 0 Å². The molecule has 3 rings (SSSR count). The second-order valence-corrected chi connectivity index (χ2v) is 6.70. The van der Waals surface area contributed by atoms with Crippen LogP contribution in [0.2, 0.25) is 0 Å². The summed E-state index contributed by atoms with van der Waals surface area (Å²) in [6, 6.07) is 1.64. The van der Waals surface area contributed by atoms with Crippen molar-refractivity contribution in [3.05, 3.63) is 29.0 Å². The summed E-state index contributed by atoms with van der Waals surface area (Å²) < 4.78 is 6.88. The molecule has 2 aromatic rings. The summed E-state index contributed by atoms with van der Waals surface area (Å²) in [4.78, 5) is 31.6. The minimum absolute atomic E-state index is 0.141. The Labute approximate surface area is 152 Å². The van der Waals surface area contributed by atoms with Gasteiger partial charge in [-0.25, -0.2) is 4.98 Å². The summed E-state index contributed by atoms with van der Waals surface area (Å²) in [6.45, 7) is 5.23. The number of anilines is 1. The van der Waals surface area contributed by atoms with Gasteiger partial charge in [0.1, 0.15) is 5.76 Å². The number of nitrogens with one attached hydrogen (secondary N) is 1. The molecular formula is C18H25N5O3. The van der Waals surface area contributed by atoms with E-state index in [1.807, 2.05) is 4.57 Å². The third-order valence-electron chi connectivity index (χ3n) is 4.59. The zero-order valence-electron chi connectivity index (χ0n) is 15.5. The van der Waals surface area contributed by atoms with Gasteiger partial charge in [-0.15, -0.1) is 0 Å². The number of aromatic nitrogens is 3. The molecule has 0 saturated heterocycles. The van der Waals surface area contributed by atoms with E-state index in [-0.39, 0.29) is 11.8 Å². The van der Waals surface area contributed by atoms with Crippen LogP contribution in [0.15, 0.2) is 10.6 Å². The number of rotatable bonds is 6. The molecule has 2 aromatic heterocycles. The fourth-order valence-corrected chi connectivity index (χ4v) is 3.16. The molecule has 1 N–H and O–H groups in total. The van der Waals surface area contributed by atoms with Gasteiger partial charge in [-0.2, -0.15) is 0 Å². The zero-order chi connectivity index (χ0) is 18.7. The zero-order valence-corrected chi connectivity index (χ0v) is 15.5. The van der Waals surface area contributed by atoms with E-state index >= 15 is 0 Å². The highest BCUT2D eigenvalue weighted by Gasteiger charge is 2.29. The topological polar surface area (TPSA) is 93.3 Å². The first kappa shape index (κ1) is 18.2. The normalized spacial score (nSPS) is 13.3. The smallest absolute Gasteiger partial charge is 0.289 e. The highest BCUT2D eigenvalue weighted by molar-refractivity contribution is 6.04. The standard InChI is InChI=1S/C18H25N5O3/c1-4-5-9-22(3)18(25)16-20-15(13-8-6-7-10-23(13)16)17(24)19-14-11-12(2)26-21-14/h11H,4-10H2,1-3H3,(H,19,21,24). The molecule has 1 aliphatic heterocycles. The summed E-state index contributed by atoms with van der Waals surface area (Å²) in [7, 11) is 1.78. The van der Waals surface area contributed by atoms with Crippen molar-refractivity contribution in [1.29, 1.82) is 0 Å². The molecule has 0 atom stereocenters. The summed E-state index contributed by atoms with van der Waals surface area (Å²) >= 11 is 0. The van der Waals surface area contributed by atoms with Crippen LogP contribution in [0.3, 0.4) is 0 Å². The second kappa shape index (κ2) is 7.72. The van der Waals surface area contributed by atoms with Crippen molar-refractivity contribution in [2.45, 2.75) is 52.5 Å². The SMILES string of the molecule is CCCCN(C)C(=O)c1nc(C(=O)Nc2cc(C)on2)c2n1CCCC2. The Kier molecular flexibility index (Phi) is 5.39. The average molecular weight is 359 g/mol. The van der Waals surface area contributed by atoms with E-state index in [2.05, 4.69) is 22.4 Å². The van der Waals surface area contributed by atoms with Gasteiger partial charge in [-0.1, -0.05) is 18.5 Å². The van der Waals surface area contributed by atoms with Gasteiger partial charge in [0.25, 0.3) is 11.8 Å². The van der Waals surface area contributed by atoms with Crippen LogP contribution in [0.25, 0.3) is 0 Å². The third kappa shape index (κ3) is 3.63. The number of carbonyl (C=O) groups excluding carboxylic acids is 2. The Morgan fingerprint density at radius 2 is 2.19 bits per heavy atom. The molecule has 8 nitrogen and oxygen atoms in total. The molecule has 8 heteroatoms. The number of fused-ring (bicyclic) bond motifs is 1. The van der Waals surface area contributed by atoms with Gasteiger partial charge in [0.2, 0.25) is 0 Å². The Morgan fingerprint density at radius 3 is 2.88 bits per heavy atom. The van der Waals surface area contributed by atoms with Crippen molar-refractivity contribution in [2.24, 2.45) is 0 Å². The summed E-state index contributed by atoms with van der Waals surface area (Å²) in [5.41, 5.74) is 1.12. The minimum Gasteiger partial charge on any atom is -0.360 e. The second-order valence-electron chi connectivity index (χ2n) is 6.70. The predicted molar refractivity (Wildman–Crippen MR) is 96.2 cm³/mol. The van der Waals surface area contributed by atoms with Crippen LogP contribution in [0.1, 0.15) is 65.2 Å². The van der Waals surface area contributed by atoms with Crippen molar-refractivity contribution < 1.29 is 14.1 Å². The van der Waals surface area contributed by atoms with Crippen LogP contribution in [0.4, 0.5) is 5.82 Å². The predicted octanol–water partition coefficient (Wildman–Crippen LogP) is 2.64. The molecule has 0 spiro atoms. The number of nitrogens with zero attached hydrogens (tertiary/aromatic N) is 4. The van der Waals surface area contributed by atoms with Crippen LogP contribution < -0.4 is 5.32 Å². The fourth-order valence-electron chi connectivity index (χ4n) is 3.16. The molecule has 0 aliphatic carbocycles. The number of unbranched alkanes of at least 4 members (excludes halogenated alkanes) is 1. The first-order valence-corrected chi connectivity index (χ1v) is 9.10. The first-order chi connectivity index (χ1) is 12.5. The van der Waals surface area contributed by atoms with E-state index in [9.17, 15) is 9.59 Å². The molecule has 0 aromatic carbocycles. The summed E-state index contributed by atoms with van der Waals surface area (Å²) in [5, 5.41) is 6.48. The van der Waals surface area contributed by atoms with E-state index in [4.69, 9.17) is 4.52 Å². The van der Waals surface area contributed by atoms with Crippen LogP contribution in [-0.2, 0) is 13.0 Å². The molecule has 0 fully saturated rings. The lowest BCUT2D eigenvalue weighted by molar-refractivity contribution is 0.0775. The number of carbonyl (C=O) groups is 2. The number of hydrogen-bond acceptors (Lipinski definition) is 5. The average Bonchev–Trinajstić information content (AvgIpc) is 3.22. The van der Waals surface area contributed by atoms with E-state index in [0.29, 0.717) is 36.2 Å². The Balaban J connectivity index is 1.87. The van der Waals surface area contributed by atoms with Gasteiger partial charge in [-0.05, 0) is 32.6 Å². The minimum atomic E-state index is -0.362. The molecular weight excluding hydrogens is 334 g/mol. The molecule has 140 valence electrons. The molecule has 2 amide bonds. The molecule has 0 bridgehead atoms. The maximum Gasteiger partial charge on any atom is 0.289 e. The molecule has 0 saturated carbocycles. The van der Waals surface area contributed by atoms with Crippen molar-refractivity contribution >= 4 is 17.6 Å². The number of aryl methyl sites for hydroxylation is 1. The first-order valence-electron chi connectivity index (χ1n) is 9.10. The van der Waals surface area contributed by atoms with Gasteiger partial charge < -0.3 is 19.3 Å². The highest BCUT2D eigenvalue weighted by atomic mass is 16.5. The van der Waals surface area contributed by atoms with Gasteiger partial charge in [0.15, 0.2) is 17.3 Å². The number of imidazole rings is 1. The largest absolute Gasteiger partial charge is 0.360 e. The van der Waals surface area contributed by atoms with Gasteiger partial charge in [-0.3, -0.25) is 9.59 Å². The van der Waals surface area contributed by atoms with E-state index < -0.39 is 0 Å². The number of amides is 2. The van der Waals surface area contributed by atoms with E-state index in [0.717, 1.165) is 37.8 Å². The fraction of sp³-hybridized carbons (Fsp3) is 0.556. The molecule has 26 heavy (non-hydrogen) atoms. The molecule has 0 radical (unpaired) electrons. The van der Waals surface area contributed by atoms with E-state index in [1.165, 1.54) is 0 Å². The monoisotopic (exact) mass is 359 g/mol. The molecule has 0 unspecified atom stereocenters. The lowest BCUT2D eigenvalue weighted by Gasteiger charge is -2.20. The molecule has 1 aliphatic rings. The van der Waals surface area contributed by atoms with Crippen molar-refractivity contribution in [3.63, 3.8) is 0 Å². The van der Waals surface area contributed by atoms with Crippen LogP contribution >= 0.6 is 0 Å². The summed E-state index contributed by atoms with van der Waals surface area (Å²) in [6.07, 6.45) is 4.65. The number of hydrogen-bond donors (Lipinski definition) is 1. The molecule has 3 heterocycles. The van der Waals surface area contributed by atoms with Crippen molar-refractivity contribution in [2.75, 3.05) is 18.9 Å². The quantitative estimate of drug-likeness (QED) is 0.856. The van der Waals surface area contributed by atoms with Crippen molar-refractivity contribution in [1.82, 2.24) is 19.6 Å². The third-order valence-corrected chi connectivity index (χ3v) is 4.59. The lowest BCUT2D eigenvalue weighted by Crippen LogP contribution is -2.31.